The van der Waals surface area contributed by atoms with E-state index in [-0.39, 0.29) is 11.8 Å². The number of carbonyl (C=O) groups is 1. The lowest BCUT2D eigenvalue weighted by Gasteiger charge is -2.19. The number of hydrogen-bond acceptors (Lipinski definition) is 2. The summed E-state index contributed by atoms with van der Waals surface area (Å²) in [4.78, 5) is 16.0. The zero-order valence-electron chi connectivity index (χ0n) is 16.0. The summed E-state index contributed by atoms with van der Waals surface area (Å²) < 4.78 is 5.29. The fourth-order valence-corrected chi connectivity index (χ4v) is 3.65. The van der Waals surface area contributed by atoms with Gasteiger partial charge in [-0.15, -0.1) is 0 Å². The molecule has 1 amide bonds. The molecule has 0 aliphatic heterocycles. The van der Waals surface area contributed by atoms with E-state index in [1.807, 2.05) is 42.6 Å². The largest absolute Gasteiger partial charge is 0.497 e. The van der Waals surface area contributed by atoms with Crippen LogP contribution in [0.15, 0.2) is 79.0 Å². The van der Waals surface area contributed by atoms with E-state index in [1.54, 1.807) is 31.4 Å². The summed E-state index contributed by atoms with van der Waals surface area (Å²) in [6, 6.07) is 23.0. The molecule has 29 heavy (non-hydrogen) atoms. The maximum absolute atomic E-state index is 12.6. The zero-order valence-corrected chi connectivity index (χ0v) is 16.7. The second kappa shape index (κ2) is 8.41. The Kier molecular flexibility index (Phi) is 5.54. The number of rotatable bonds is 6. The molecule has 1 heterocycles. The van der Waals surface area contributed by atoms with Gasteiger partial charge in [0.05, 0.1) is 7.11 Å². The highest BCUT2D eigenvalue weighted by atomic mass is 35.5. The third kappa shape index (κ3) is 4.13. The van der Waals surface area contributed by atoms with Crippen molar-refractivity contribution in [3.8, 4) is 5.75 Å². The molecule has 0 aliphatic carbocycles. The van der Waals surface area contributed by atoms with Crippen LogP contribution in [-0.2, 0) is 0 Å². The third-order valence-corrected chi connectivity index (χ3v) is 5.34. The molecule has 0 aliphatic rings. The van der Waals surface area contributed by atoms with Crippen LogP contribution in [-0.4, -0.2) is 24.5 Å². The van der Waals surface area contributed by atoms with Crippen molar-refractivity contribution in [2.24, 2.45) is 0 Å². The normalized spacial score (nSPS) is 11.9. The Hall–Kier alpha value is -3.24. The Morgan fingerprint density at radius 1 is 1.03 bits per heavy atom. The molecule has 3 aromatic carbocycles. The molecule has 0 radical (unpaired) electrons. The first kappa shape index (κ1) is 19.1. The Morgan fingerprint density at radius 3 is 2.48 bits per heavy atom. The predicted molar refractivity (Wildman–Crippen MR) is 117 cm³/mol. The van der Waals surface area contributed by atoms with Crippen LogP contribution in [0, 0.1) is 0 Å². The van der Waals surface area contributed by atoms with Crippen molar-refractivity contribution in [1.29, 1.82) is 0 Å². The van der Waals surface area contributed by atoms with Gasteiger partial charge in [-0.05, 0) is 53.6 Å². The number of aromatic nitrogens is 1. The highest BCUT2D eigenvalue weighted by molar-refractivity contribution is 6.30. The van der Waals surface area contributed by atoms with Gasteiger partial charge in [-0.1, -0.05) is 41.9 Å². The Morgan fingerprint density at radius 2 is 1.76 bits per heavy atom. The van der Waals surface area contributed by atoms with Gasteiger partial charge < -0.3 is 15.0 Å². The van der Waals surface area contributed by atoms with Crippen LogP contribution in [0.4, 0.5) is 0 Å². The number of ether oxygens (including phenoxy) is 1. The van der Waals surface area contributed by atoms with E-state index in [4.69, 9.17) is 16.3 Å². The average Bonchev–Trinajstić information content (AvgIpc) is 3.19. The second-order valence-corrected chi connectivity index (χ2v) is 7.27. The number of amides is 1. The van der Waals surface area contributed by atoms with E-state index >= 15 is 0 Å². The Balaban J connectivity index is 1.64. The van der Waals surface area contributed by atoms with Gasteiger partial charge in [0.15, 0.2) is 0 Å². The van der Waals surface area contributed by atoms with Crippen LogP contribution in [0.3, 0.4) is 0 Å². The number of benzene rings is 3. The number of halogens is 1. The average molecular weight is 405 g/mol. The number of aromatic amines is 1. The van der Waals surface area contributed by atoms with Crippen LogP contribution in [0.5, 0.6) is 5.75 Å². The summed E-state index contributed by atoms with van der Waals surface area (Å²) >= 11 is 5.93. The number of hydrogen-bond donors (Lipinski definition) is 2. The van der Waals surface area contributed by atoms with Crippen molar-refractivity contribution in [3.63, 3.8) is 0 Å². The summed E-state index contributed by atoms with van der Waals surface area (Å²) in [6.45, 7) is 0.468. The standard InChI is InChI=1S/C24H21ClN2O2/c1-29-19-12-8-16(9-13-19)21(22-15-26-23-5-3-2-4-20(22)23)14-27-24(28)17-6-10-18(25)11-7-17/h2-13,15,21,26H,14H2,1H3,(H,27,28). The lowest BCUT2D eigenvalue weighted by molar-refractivity contribution is 0.0952. The smallest absolute Gasteiger partial charge is 0.251 e. The molecular weight excluding hydrogens is 384 g/mol. The minimum absolute atomic E-state index is 0.00620. The summed E-state index contributed by atoms with van der Waals surface area (Å²) in [7, 11) is 1.65. The topological polar surface area (TPSA) is 54.1 Å². The number of carbonyl (C=O) groups excluding carboxylic acids is 1. The first-order valence-electron chi connectivity index (χ1n) is 9.39. The van der Waals surface area contributed by atoms with E-state index in [1.165, 1.54) is 0 Å². The monoisotopic (exact) mass is 404 g/mol. The number of nitrogens with one attached hydrogen (secondary N) is 2. The second-order valence-electron chi connectivity index (χ2n) is 6.83. The maximum Gasteiger partial charge on any atom is 0.251 e. The van der Waals surface area contributed by atoms with Crippen LogP contribution in [0.2, 0.25) is 5.02 Å². The fraction of sp³-hybridized carbons (Fsp3) is 0.125. The highest BCUT2D eigenvalue weighted by Crippen LogP contribution is 2.31. The molecule has 1 unspecified atom stereocenters. The summed E-state index contributed by atoms with van der Waals surface area (Å²) in [5, 5.41) is 4.83. The predicted octanol–water partition coefficient (Wildman–Crippen LogP) is 5.39. The highest BCUT2D eigenvalue weighted by Gasteiger charge is 2.19. The van der Waals surface area contributed by atoms with Crippen molar-refractivity contribution >= 4 is 28.4 Å². The summed E-state index contributed by atoms with van der Waals surface area (Å²) in [5.41, 5.74) is 3.90. The van der Waals surface area contributed by atoms with Gasteiger partial charge in [-0.25, -0.2) is 0 Å². The van der Waals surface area contributed by atoms with E-state index in [0.29, 0.717) is 17.1 Å². The molecule has 146 valence electrons. The van der Waals surface area contributed by atoms with Crippen LogP contribution >= 0.6 is 11.6 Å². The van der Waals surface area contributed by atoms with Crippen molar-refractivity contribution in [1.82, 2.24) is 10.3 Å². The van der Waals surface area contributed by atoms with E-state index < -0.39 is 0 Å². The van der Waals surface area contributed by atoms with Gasteiger partial charge in [-0.2, -0.15) is 0 Å². The van der Waals surface area contributed by atoms with Gasteiger partial charge in [0.25, 0.3) is 5.91 Å². The zero-order chi connectivity index (χ0) is 20.2. The molecule has 0 spiro atoms. The minimum atomic E-state index is -0.125. The van der Waals surface area contributed by atoms with Gasteiger partial charge in [-0.3, -0.25) is 4.79 Å². The molecule has 1 atom stereocenters. The lowest BCUT2D eigenvalue weighted by atomic mass is 9.90. The van der Waals surface area contributed by atoms with E-state index in [2.05, 4.69) is 22.4 Å². The Labute approximate surface area is 174 Å². The fourth-order valence-electron chi connectivity index (χ4n) is 3.52. The van der Waals surface area contributed by atoms with Crippen molar-refractivity contribution in [2.45, 2.75) is 5.92 Å². The van der Waals surface area contributed by atoms with Gasteiger partial charge in [0, 0.05) is 40.1 Å². The molecule has 1 aromatic heterocycles. The minimum Gasteiger partial charge on any atom is -0.497 e. The van der Waals surface area contributed by atoms with Crippen LogP contribution in [0.1, 0.15) is 27.4 Å². The molecule has 0 bridgehead atoms. The molecule has 4 nitrogen and oxygen atoms in total. The van der Waals surface area contributed by atoms with Crippen molar-refractivity contribution in [2.75, 3.05) is 13.7 Å². The molecular formula is C24H21ClN2O2. The molecule has 2 N–H and O–H groups in total. The van der Waals surface area contributed by atoms with E-state index in [0.717, 1.165) is 27.8 Å². The molecule has 4 rings (SSSR count). The van der Waals surface area contributed by atoms with Gasteiger partial charge >= 0.3 is 0 Å². The van der Waals surface area contributed by atoms with Crippen molar-refractivity contribution < 1.29 is 9.53 Å². The van der Waals surface area contributed by atoms with Crippen molar-refractivity contribution in [3.05, 3.63) is 101 Å². The third-order valence-electron chi connectivity index (χ3n) is 5.09. The molecule has 5 heteroatoms. The quantitative estimate of drug-likeness (QED) is 0.452. The molecule has 0 fully saturated rings. The van der Waals surface area contributed by atoms with E-state index in [9.17, 15) is 4.79 Å². The molecule has 4 aromatic rings. The maximum atomic E-state index is 12.6. The first-order valence-corrected chi connectivity index (χ1v) is 9.77. The molecule has 0 saturated carbocycles. The van der Waals surface area contributed by atoms with Gasteiger partial charge in [0.2, 0.25) is 0 Å². The van der Waals surface area contributed by atoms with Crippen LogP contribution < -0.4 is 10.1 Å². The first-order chi connectivity index (χ1) is 14.2. The summed E-state index contributed by atoms with van der Waals surface area (Å²) in [6.07, 6.45) is 2.02. The number of fused-ring (bicyclic) bond motifs is 1. The SMILES string of the molecule is COc1ccc(C(CNC(=O)c2ccc(Cl)cc2)c2c[nH]c3ccccc23)cc1. The molecule has 0 saturated heterocycles. The number of para-hydroxylation sites is 1. The number of methoxy groups -OCH3 is 1. The number of H-pyrrole nitrogens is 1. The lowest BCUT2D eigenvalue weighted by Crippen LogP contribution is -2.28. The van der Waals surface area contributed by atoms with Crippen LogP contribution in [0.25, 0.3) is 10.9 Å². The van der Waals surface area contributed by atoms with Gasteiger partial charge in [0.1, 0.15) is 5.75 Å². The summed E-state index contributed by atoms with van der Waals surface area (Å²) in [5.74, 6) is 0.671. The Bertz CT molecular complexity index is 1120.